The van der Waals surface area contributed by atoms with Crippen molar-refractivity contribution in [2.24, 2.45) is 11.8 Å². The van der Waals surface area contributed by atoms with Crippen LogP contribution in [0.4, 0.5) is 0 Å². The van der Waals surface area contributed by atoms with E-state index in [2.05, 4.69) is 41.5 Å². The van der Waals surface area contributed by atoms with Crippen molar-refractivity contribution < 1.29 is 80.2 Å². The molecular formula is C64H124O17P2. The second-order valence-electron chi connectivity index (χ2n) is 23.9. The lowest BCUT2D eigenvalue weighted by molar-refractivity contribution is -0.161. The zero-order valence-corrected chi connectivity index (χ0v) is 55.3. The van der Waals surface area contributed by atoms with Crippen LogP contribution in [0.25, 0.3) is 0 Å². The molecule has 0 bridgehead atoms. The van der Waals surface area contributed by atoms with Gasteiger partial charge in [-0.3, -0.25) is 37.3 Å². The van der Waals surface area contributed by atoms with E-state index >= 15 is 0 Å². The van der Waals surface area contributed by atoms with Gasteiger partial charge in [-0.2, -0.15) is 0 Å². The summed E-state index contributed by atoms with van der Waals surface area (Å²) >= 11 is 0. The molecule has 492 valence electrons. The van der Waals surface area contributed by atoms with Crippen LogP contribution in [0, 0.1) is 11.8 Å². The zero-order valence-electron chi connectivity index (χ0n) is 53.5. The number of aliphatic hydroxyl groups excluding tert-OH is 1. The standard InChI is InChI=1S/C64H124O17P2/c1-7-10-12-32-40-46-61(66)74-52-59(80-63(68)48-42-33-13-11-8-2)54-78-82(70,71)76-50-58(65)51-77-83(72,73)79-55-60(53-75-62(67)47-41-36-30-27-26-28-34-38-44-56(4)5)81-64(69)49-43-37-31-25-23-21-19-17-15-14-16-18-20-22-24-29-35-39-45-57(6)9-3/h56-60,65H,7-55H2,1-6H3,(H,70,71)(H,72,73)/t57?,58-,59+,60+/m0/s1. The van der Waals surface area contributed by atoms with E-state index in [1.807, 2.05) is 0 Å². The number of hydrogen-bond acceptors (Lipinski definition) is 15. The van der Waals surface area contributed by atoms with Crippen molar-refractivity contribution in [3.05, 3.63) is 0 Å². The van der Waals surface area contributed by atoms with Crippen molar-refractivity contribution in [3.8, 4) is 0 Å². The highest BCUT2D eigenvalue weighted by Gasteiger charge is 2.30. The van der Waals surface area contributed by atoms with Crippen LogP contribution in [0.5, 0.6) is 0 Å². The van der Waals surface area contributed by atoms with E-state index in [0.717, 1.165) is 108 Å². The van der Waals surface area contributed by atoms with Crippen LogP contribution < -0.4 is 0 Å². The fraction of sp³-hybridized carbons (Fsp3) is 0.938. The van der Waals surface area contributed by atoms with Gasteiger partial charge >= 0.3 is 39.5 Å². The molecule has 0 aromatic rings. The van der Waals surface area contributed by atoms with Crippen molar-refractivity contribution >= 4 is 39.5 Å². The predicted molar refractivity (Wildman–Crippen MR) is 331 cm³/mol. The van der Waals surface area contributed by atoms with Crippen LogP contribution in [-0.4, -0.2) is 96.7 Å². The molecule has 0 radical (unpaired) electrons. The Bertz CT molecular complexity index is 1630. The van der Waals surface area contributed by atoms with E-state index in [9.17, 15) is 43.2 Å². The quantitative estimate of drug-likeness (QED) is 0.0222. The monoisotopic (exact) mass is 1230 g/mol. The highest BCUT2D eigenvalue weighted by molar-refractivity contribution is 7.47. The molecule has 0 aliphatic carbocycles. The maximum atomic E-state index is 13.0. The Labute approximate surface area is 505 Å². The third-order valence-electron chi connectivity index (χ3n) is 15.1. The minimum atomic E-state index is -4.94. The molecule has 19 heteroatoms. The molecule has 0 spiro atoms. The van der Waals surface area contributed by atoms with Gasteiger partial charge in [-0.25, -0.2) is 9.13 Å². The molecule has 6 atom stereocenters. The molecule has 17 nitrogen and oxygen atoms in total. The Balaban J connectivity index is 5.01. The van der Waals surface area contributed by atoms with Crippen molar-refractivity contribution in [3.63, 3.8) is 0 Å². The molecule has 0 aromatic heterocycles. The van der Waals surface area contributed by atoms with Crippen molar-refractivity contribution in [2.45, 2.75) is 336 Å². The number of ether oxygens (including phenoxy) is 4. The number of aliphatic hydroxyl groups is 1. The number of carbonyl (C=O) groups excluding carboxylic acids is 4. The summed E-state index contributed by atoms with van der Waals surface area (Å²) in [7, 11) is -9.86. The number of unbranched alkanes of at least 4 members (excludes halogenated alkanes) is 32. The maximum Gasteiger partial charge on any atom is 0.472 e. The van der Waals surface area contributed by atoms with Gasteiger partial charge in [0.1, 0.15) is 19.3 Å². The average Bonchev–Trinajstić information content (AvgIpc) is 3.47. The lowest BCUT2D eigenvalue weighted by atomic mass is 9.99. The first-order chi connectivity index (χ1) is 39.9. The van der Waals surface area contributed by atoms with Gasteiger partial charge in [0.05, 0.1) is 26.4 Å². The summed E-state index contributed by atoms with van der Waals surface area (Å²) in [6, 6.07) is 0. The van der Waals surface area contributed by atoms with Gasteiger partial charge in [-0.15, -0.1) is 0 Å². The number of esters is 4. The van der Waals surface area contributed by atoms with Crippen LogP contribution in [-0.2, 0) is 65.4 Å². The molecule has 0 amide bonds. The Morgan fingerprint density at radius 1 is 0.349 bits per heavy atom. The van der Waals surface area contributed by atoms with Crippen LogP contribution in [0.1, 0.15) is 318 Å². The molecule has 3 unspecified atom stereocenters. The molecule has 0 heterocycles. The molecule has 0 aromatic carbocycles. The first-order valence-corrected chi connectivity index (χ1v) is 36.5. The van der Waals surface area contributed by atoms with Crippen LogP contribution >= 0.6 is 15.6 Å². The van der Waals surface area contributed by atoms with E-state index in [0.29, 0.717) is 25.7 Å². The second-order valence-corrected chi connectivity index (χ2v) is 26.8. The van der Waals surface area contributed by atoms with Crippen LogP contribution in [0.2, 0.25) is 0 Å². The smallest absolute Gasteiger partial charge is 0.462 e. The first-order valence-electron chi connectivity index (χ1n) is 33.5. The summed E-state index contributed by atoms with van der Waals surface area (Å²) in [5.74, 6) is -0.561. The fourth-order valence-corrected chi connectivity index (χ4v) is 11.1. The minimum absolute atomic E-state index is 0.0986. The summed E-state index contributed by atoms with van der Waals surface area (Å²) < 4.78 is 67.5. The van der Waals surface area contributed by atoms with Gasteiger partial charge in [0, 0.05) is 25.7 Å². The summed E-state index contributed by atoms with van der Waals surface area (Å²) in [5.41, 5.74) is 0. The lowest BCUT2D eigenvalue weighted by Crippen LogP contribution is -2.30. The largest absolute Gasteiger partial charge is 0.472 e. The Morgan fingerprint density at radius 2 is 0.614 bits per heavy atom. The normalized spacial score (nSPS) is 14.6. The number of phosphoric acid groups is 2. The Hall–Kier alpha value is -1.94. The minimum Gasteiger partial charge on any atom is -0.462 e. The lowest BCUT2D eigenvalue weighted by Gasteiger charge is -2.21. The molecule has 0 aliphatic heterocycles. The van der Waals surface area contributed by atoms with E-state index in [-0.39, 0.29) is 25.7 Å². The molecule has 3 N–H and O–H groups in total. The van der Waals surface area contributed by atoms with Crippen LogP contribution in [0.15, 0.2) is 0 Å². The molecule has 0 rings (SSSR count). The van der Waals surface area contributed by atoms with E-state index < -0.39 is 97.5 Å². The third-order valence-corrected chi connectivity index (χ3v) is 17.0. The molecular weight excluding hydrogens is 1100 g/mol. The molecule has 0 fully saturated rings. The topological polar surface area (TPSA) is 237 Å². The van der Waals surface area contributed by atoms with Crippen LogP contribution in [0.3, 0.4) is 0 Å². The molecule has 0 saturated heterocycles. The van der Waals surface area contributed by atoms with Gasteiger partial charge in [0.2, 0.25) is 0 Å². The van der Waals surface area contributed by atoms with Crippen molar-refractivity contribution in [1.29, 1.82) is 0 Å². The Morgan fingerprint density at radius 3 is 0.916 bits per heavy atom. The summed E-state index contributed by atoms with van der Waals surface area (Å²) in [6.07, 6.45) is 39.9. The third kappa shape index (κ3) is 57.6. The van der Waals surface area contributed by atoms with Crippen molar-refractivity contribution in [1.82, 2.24) is 0 Å². The van der Waals surface area contributed by atoms with Gasteiger partial charge < -0.3 is 33.8 Å². The average molecular weight is 1230 g/mol. The summed E-state index contributed by atoms with van der Waals surface area (Å²) in [4.78, 5) is 71.6. The highest BCUT2D eigenvalue weighted by Crippen LogP contribution is 2.45. The number of carbonyl (C=O) groups is 4. The van der Waals surface area contributed by atoms with Crippen molar-refractivity contribution in [2.75, 3.05) is 39.6 Å². The number of hydrogen-bond donors (Lipinski definition) is 3. The molecule has 0 saturated carbocycles. The van der Waals surface area contributed by atoms with Gasteiger partial charge in [-0.1, -0.05) is 266 Å². The van der Waals surface area contributed by atoms with Gasteiger partial charge in [0.15, 0.2) is 12.2 Å². The fourth-order valence-electron chi connectivity index (χ4n) is 9.50. The number of phosphoric ester groups is 2. The SMILES string of the molecule is CCCCCCCC(=O)OC[C@H](COP(=O)(O)OC[C@H](O)COP(=O)(O)OC[C@@H](COC(=O)CCCCCCCCCCC(C)C)OC(=O)CCCCCCCCCCCCCCCCCCCCC(C)CC)OC(=O)CCCCCCC. The van der Waals surface area contributed by atoms with E-state index in [1.165, 1.54) is 128 Å². The predicted octanol–water partition coefficient (Wildman–Crippen LogP) is 17.7. The van der Waals surface area contributed by atoms with Gasteiger partial charge in [-0.05, 0) is 37.5 Å². The first kappa shape index (κ1) is 81.1. The molecule has 83 heavy (non-hydrogen) atoms. The molecule has 0 aliphatic rings. The number of rotatable bonds is 63. The zero-order chi connectivity index (χ0) is 61.5. The van der Waals surface area contributed by atoms with E-state index in [4.69, 9.17) is 37.0 Å². The van der Waals surface area contributed by atoms with E-state index in [1.54, 1.807) is 0 Å². The second kappa shape index (κ2) is 56.6. The maximum absolute atomic E-state index is 13.0. The van der Waals surface area contributed by atoms with Gasteiger partial charge in [0.25, 0.3) is 0 Å². The Kier molecular flexibility index (Phi) is 55.2. The summed E-state index contributed by atoms with van der Waals surface area (Å²) in [5, 5.41) is 10.5. The summed E-state index contributed by atoms with van der Waals surface area (Å²) in [6.45, 7) is 9.34. The highest BCUT2D eigenvalue weighted by atomic mass is 31.2.